The van der Waals surface area contributed by atoms with E-state index in [0.717, 1.165) is 6.21 Å². The molecule has 22 heavy (non-hydrogen) atoms. The molecule has 6 N–H and O–H groups in total. The Morgan fingerprint density at radius 1 is 1.32 bits per heavy atom. The largest absolute Gasteiger partial charge is 0.394 e. The molecule has 1 aromatic heterocycles. The number of rotatable bonds is 6. The number of aromatic amines is 1. The average Bonchev–Trinajstić information content (AvgIpc) is 2.53. The highest BCUT2D eigenvalue weighted by Gasteiger charge is 2.22. The second-order valence-electron chi connectivity index (χ2n) is 4.55. The van der Waals surface area contributed by atoms with Crippen LogP contribution >= 0.6 is 0 Å². The third kappa shape index (κ3) is 3.65. The quantitative estimate of drug-likeness (QED) is 0.277. The molecule has 0 spiro atoms. The van der Waals surface area contributed by atoms with E-state index in [0.29, 0.717) is 10.9 Å². The van der Waals surface area contributed by atoms with E-state index in [-0.39, 0.29) is 11.5 Å². The van der Waals surface area contributed by atoms with Gasteiger partial charge in [0.15, 0.2) is 0 Å². The topological polar surface area (TPSA) is 151 Å². The second-order valence-corrected chi connectivity index (χ2v) is 4.55. The molecule has 0 unspecified atom stereocenters. The summed E-state index contributed by atoms with van der Waals surface area (Å²) in [6, 6.07) is 6.74. The Kier molecular flexibility index (Phi) is 5.17. The molecule has 1 aromatic carbocycles. The SMILES string of the molecule is O=c1[nH]c(N/N=C\[C@H](O)[C@H](O)[C@H](O)CO)nc2ccccc12. The van der Waals surface area contributed by atoms with Crippen LogP contribution in [-0.4, -0.2) is 61.5 Å². The minimum atomic E-state index is -1.58. The van der Waals surface area contributed by atoms with Crippen molar-refractivity contribution in [2.24, 2.45) is 5.10 Å². The van der Waals surface area contributed by atoms with Gasteiger partial charge in [-0.2, -0.15) is 5.10 Å². The number of hydrogen-bond acceptors (Lipinski definition) is 8. The Morgan fingerprint density at radius 3 is 2.77 bits per heavy atom. The van der Waals surface area contributed by atoms with E-state index < -0.39 is 24.9 Å². The van der Waals surface area contributed by atoms with Gasteiger partial charge in [-0.15, -0.1) is 0 Å². The Morgan fingerprint density at radius 2 is 2.05 bits per heavy atom. The van der Waals surface area contributed by atoms with Crippen LogP contribution in [0.15, 0.2) is 34.2 Å². The summed E-state index contributed by atoms with van der Waals surface area (Å²) in [5, 5.41) is 40.8. The van der Waals surface area contributed by atoms with Crippen molar-refractivity contribution < 1.29 is 20.4 Å². The van der Waals surface area contributed by atoms with Gasteiger partial charge >= 0.3 is 0 Å². The second kappa shape index (κ2) is 7.09. The highest BCUT2D eigenvalue weighted by Crippen LogP contribution is 2.07. The zero-order valence-electron chi connectivity index (χ0n) is 11.4. The van der Waals surface area contributed by atoms with E-state index in [2.05, 4.69) is 20.5 Å². The van der Waals surface area contributed by atoms with Gasteiger partial charge in [-0.25, -0.2) is 10.4 Å². The van der Waals surface area contributed by atoms with E-state index in [1.165, 1.54) is 0 Å². The van der Waals surface area contributed by atoms with Crippen molar-refractivity contribution in [2.45, 2.75) is 18.3 Å². The molecule has 0 radical (unpaired) electrons. The van der Waals surface area contributed by atoms with E-state index in [9.17, 15) is 15.0 Å². The first-order chi connectivity index (χ1) is 10.5. The molecule has 0 aliphatic carbocycles. The highest BCUT2D eigenvalue weighted by molar-refractivity contribution is 5.78. The molecule has 0 amide bonds. The third-order valence-corrected chi connectivity index (χ3v) is 2.94. The first-order valence-electron chi connectivity index (χ1n) is 6.46. The fourth-order valence-electron chi connectivity index (χ4n) is 1.74. The van der Waals surface area contributed by atoms with Crippen LogP contribution in [0.2, 0.25) is 0 Å². The predicted molar refractivity (Wildman–Crippen MR) is 79.6 cm³/mol. The molecule has 0 saturated heterocycles. The Labute approximate surface area is 124 Å². The van der Waals surface area contributed by atoms with Gasteiger partial charge in [0.05, 0.1) is 23.7 Å². The van der Waals surface area contributed by atoms with Crippen LogP contribution in [0.4, 0.5) is 5.95 Å². The van der Waals surface area contributed by atoms with Gasteiger partial charge in [0.2, 0.25) is 5.95 Å². The standard InChI is InChI=1S/C13H16N4O5/c18-6-10(20)11(21)9(19)5-14-17-13-15-8-4-2-1-3-7(8)12(22)16-13/h1-5,9-11,18-21H,6H2,(H2,15,16,17,22)/b14-5-/t9-,10+,11-/m0/s1. The maximum absolute atomic E-state index is 11.8. The lowest BCUT2D eigenvalue weighted by atomic mass is 10.1. The van der Waals surface area contributed by atoms with Crippen molar-refractivity contribution in [3.63, 3.8) is 0 Å². The normalized spacial score (nSPS) is 15.8. The molecule has 9 nitrogen and oxygen atoms in total. The summed E-state index contributed by atoms with van der Waals surface area (Å²) in [5.41, 5.74) is 2.53. The molecular formula is C13H16N4O5. The molecule has 0 aliphatic rings. The zero-order valence-corrected chi connectivity index (χ0v) is 11.4. The molecule has 2 rings (SSSR count). The van der Waals surface area contributed by atoms with Crippen molar-refractivity contribution in [2.75, 3.05) is 12.0 Å². The number of nitrogens with zero attached hydrogens (tertiary/aromatic N) is 2. The van der Waals surface area contributed by atoms with Crippen LogP contribution in [0, 0.1) is 0 Å². The van der Waals surface area contributed by atoms with Crippen molar-refractivity contribution in [3.05, 3.63) is 34.6 Å². The molecule has 118 valence electrons. The lowest BCUT2D eigenvalue weighted by molar-refractivity contribution is -0.0541. The van der Waals surface area contributed by atoms with Gasteiger partial charge in [-0.05, 0) is 12.1 Å². The van der Waals surface area contributed by atoms with E-state index in [1.807, 2.05) is 0 Å². The van der Waals surface area contributed by atoms with E-state index in [4.69, 9.17) is 10.2 Å². The van der Waals surface area contributed by atoms with Crippen LogP contribution < -0.4 is 11.0 Å². The smallest absolute Gasteiger partial charge is 0.260 e. The lowest BCUT2D eigenvalue weighted by Crippen LogP contribution is -2.40. The van der Waals surface area contributed by atoms with Crippen molar-refractivity contribution in [3.8, 4) is 0 Å². The van der Waals surface area contributed by atoms with E-state index >= 15 is 0 Å². The molecule has 2 aromatic rings. The maximum atomic E-state index is 11.8. The van der Waals surface area contributed by atoms with Gasteiger partial charge in [0.25, 0.3) is 5.56 Å². The third-order valence-electron chi connectivity index (χ3n) is 2.94. The number of fused-ring (bicyclic) bond motifs is 1. The fourth-order valence-corrected chi connectivity index (χ4v) is 1.74. The van der Waals surface area contributed by atoms with Gasteiger partial charge < -0.3 is 20.4 Å². The maximum Gasteiger partial charge on any atom is 0.260 e. The zero-order chi connectivity index (χ0) is 16.1. The van der Waals surface area contributed by atoms with Crippen molar-refractivity contribution in [1.29, 1.82) is 0 Å². The number of anilines is 1. The molecule has 0 saturated carbocycles. The summed E-state index contributed by atoms with van der Waals surface area (Å²) >= 11 is 0. The highest BCUT2D eigenvalue weighted by atomic mass is 16.4. The molecule has 0 aliphatic heterocycles. The minimum Gasteiger partial charge on any atom is -0.394 e. The number of para-hydroxylation sites is 1. The first kappa shape index (κ1) is 16.0. The molecule has 1 heterocycles. The number of benzene rings is 1. The number of aliphatic hydroxyl groups is 4. The van der Waals surface area contributed by atoms with Gasteiger partial charge in [-0.3, -0.25) is 9.78 Å². The Hall–Kier alpha value is -2.33. The Balaban J connectivity index is 2.08. The molecule has 9 heteroatoms. The molecular weight excluding hydrogens is 292 g/mol. The molecule has 3 atom stereocenters. The summed E-state index contributed by atoms with van der Waals surface area (Å²) in [5.74, 6) is 0.0596. The number of H-pyrrole nitrogens is 1. The van der Waals surface area contributed by atoms with Crippen molar-refractivity contribution >= 4 is 23.1 Å². The summed E-state index contributed by atoms with van der Waals surface area (Å²) in [7, 11) is 0. The summed E-state index contributed by atoms with van der Waals surface area (Å²) in [6.07, 6.45) is -3.65. The van der Waals surface area contributed by atoms with Crippen LogP contribution in [0.3, 0.4) is 0 Å². The van der Waals surface area contributed by atoms with E-state index in [1.54, 1.807) is 24.3 Å². The molecule has 0 bridgehead atoms. The number of nitrogens with one attached hydrogen (secondary N) is 2. The number of aromatic nitrogens is 2. The van der Waals surface area contributed by atoms with Crippen LogP contribution in [-0.2, 0) is 0 Å². The van der Waals surface area contributed by atoms with Crippen molar-refractivity contribution in [1.82, 2.24) is 9.97 Å². The summed E-state index contributed by atoms with van der Waals surface area (Å²) in [6.45, 7) is -0.695. The number of aliphatic hydroxyl groups excluding tert-OH is 4. The summed E-state index contributed by atoms with van der Waals surface area (Å²) in [4.78, 5) is 18.4. The van der Waals surface area contributed by atoms with Crippen LogP contribution in [0.25, 0.3) is 10.9 Å². The minimum absolute atomic E-state index is 0.0596. The average molecular weight is 308 g/mol. The Bertz CT molecular complexity index is 717. The predicted octanol–water partition coefficient (Wildman–Crippen LogP) is -1.60. The summed E-state index contributed by atoms with van der Waals surface area (Å²) < 4.78 is 0. The molecule has 0 fully saturated rings. The lowest BCUT2D eigenvalue weighted by Gasteiger charge is -2.17. The van der Waals surface area contributed by atoms with Crippen LogP contribution in [0.1, 0.15) is 0 Å². The van der Waals surface area contributed by atoms with Gasteiger partial charge in [0.1, 0.15) is 18.3 Å². The fraction of sp³-hybridized carbons (Fsp3) is 0.308. The van der Waals surface area contributed by atoms with Crippen LogP contribution in [0.5, 0.6) is 0 Å². The number of hydrogen-bond donors (Lipinski definition) is 6. The van der Waals surface area contributed by atoms with Gasteiger partial charge in [0, 0.05) is 0 Å². The number of hydrazone groups is 1. The van der Waals surface area contributed by atoms with Gasteiger partial charge in [-0.1, -0.05) is 12.1 Å². The first-order valence-corrected chi connectivity index (χ1v) is 6.46. The monoisotopic (exact) mass is 308 g/mol.